The second-order valence-electron chi connectivity index (χ2n) is 6.34. The molecule has 0 aliphatic heterocycles. The molecule has 2 heterocycles. The smallest absolute Gasteiger partial charge is 0.354 e. The van der Waals surface area contributed by atoms with Crippen molar-refractivity contribution in [1.82, 2.24) is 4.57 Å². The van der Waals surface area contributed by atoms with Gasteiger partial charge in [-0.05, 0) is 44.5 Å². The normalized spacial score (nSPS) is 12.0. The van der Waals surface area contributed by atoms with E-state index in [1.165, 1.54) is 7.11 Å². The van der Waals surface area contributed by atoms with E-state index < -0.39 is 12.0 Å². The van der Waals surface area contributed by atoms with Gasteiger partial charge < -0.3 is 19.4 Å². The van der Waals surface area contributed by atoms with E-state index in [0.717, 1.165) is 15.1 Å². The van der Waals surface area contributed by atoms with Crippen molar-refractivity contribution in [1.29, 1.82) is 0 Å². The fraction of sp³-hybridized carbons (Fsp3) is 0.333. The summed E-state index contributed by atoms with van der Waals surface area (Å²) < 4.78 is 13.3. The second-order valence-corrected chi connectivity index (χ2v) is 7.63. The van der Waals surface area contributed by atoms with Crippen LogP contribution in [0.2, 0.25) is 0 Å². The lowest BCUT2D eigenvalue weighted by Gasteiger charge is -2.21. The van der Waals surface area contributed by atoms with Gasteiger partial charge in [-0.25, -0.2) is 4.79 Å². The van der Waals surface area contributed by atoms with Crippen molar-refractivity contribution in [3.05, 3.63) is 47.0 Å². The number of esters is 1. The largest absolute Gasteiger partial charge is 0.492 e. The highest BCUT2D eigenvalue weighted by molar-refractivity contribution is 7.19. The Kier molecular flexibility index (Phi) is 6.04. The highest BCUT2D eigenvalue weighted by atomic mass is 32.1. The predicted octanol–water partition coefficient (Wildman–Crippen LogP) is 4.79. The molecule has 0 spiro atoms. The first kappa shape index (κ1) is 19.9. The van der Waals surface area contributed by atoms with Crippen LogP contribution in [0.4, 0.5) is 5.69 Å². The molecule has 28 heavy (non-hydrogen) atoms. The Morgan fingerprint density at radius 1 is 1.21 bits per heavy atom. The number of benzene rings is 1. The summed E-state index contributed by atoms with van der Waals surface area (Å²) in [7, 11) is 1.35. The van der Waals surface area contributed by atoms with Crippen LogP contribution in [0, 0.1) is 6.92 Å². The van der Waals surface area contributed by atoms with Gasteiger partial charge in [0.05, 0.1) is 29.6 Å². The van der Waals surface area contributed by atoms with Crippen LogP contribution in [0.15, 0.2) is 36.4 Å². The molecule has 6 nitrogen and oxygen atoms in total. The van der Waals surface area contributed by atoms with Crippen molar-refractivity contribution in [2.75, 3.05) is 19.0 Å². The molecule has 7 heteroatoms. The molecule has 148 valence electrons. The maximum atomic E-state index is 13.2. The van der Waals surface area contributed by atoms with Gasteiger partial charge in [0.1, 0.15) is 17.5 Å². The summed E-state index contributed by atoms with van der Waals surface area (Å²) in [6, 6.07) is 10.5. The SMILES string of the molecule is CCOc1ccccc1NC(=O)C(CC)n1c(C(=O)OC)cc2sc(C)cc21. The van der Waals surface area contributed by atoms with Crippen LogP contribution in [0.25, 0.3) is 10.2 Å². The highest BCUT2D eigenvalue weighted by Gasteiger charge is 2.27. The number of rotatable bonds is 7. The number of aryl methyl sites for hydroxylation is 1. The van der Waals surface area contributed by atoms with Crippen molar-refractivity contribution < 1.29 is 19.1 Å². The number of anilines is 1. The lowest BCUT2D eigenvalue weighted by Crippen LogP contribution is -2.28. The molecule has 3 rings (SSSR count). The lowest BCUT2D eigenvalue weighted by molar-refractivity contribution is -0.119. The zero-order valence-corrected chi connectivity index (χ0v) is 17.3. The zero-order valence-electron chi connectivity index (χ0n) is 16.4. The Morgan fingerprint density at radius 2 is 1.96 bits per heavy atom. The molecule has 0 bridgehead atoms. The number of hydrogen-bond acceptors (Lipinski definition) is 5. The molecule has 1 unspecified atom stereocenters. The van der Waals surface area contributed by atoms with Gasteiger partial charge in [-0.3, -0.25) is 4.79 Å². The number of carbonyl (C=O) groups is 2. The quantitative estimate of drug-likeness (QED) is 0.579. The number of amides is 1. The van der Waals surface area contributed by atoms with Gasteiger partial charge in [-0.15, -0.1) is 11.3 Å². The second kappa shape index (κ2) is 8.48. The molecule has 0 saturated heterocycles. The van der Waals surface area contributed by atoms with Crippen LogP contribution in [0.5, 0.6) is 5.75 Å². The zero-order chi connectivity index (χ0) is 20.3. The average Bonchev–Trinajstić information content (AvgIpc) is 3.20. The molecule has 0 aliphatic rings. The van der Waals surface area contributed by atoms with E-state index in [-0.39, 0.29) is 5.91 Å². The number of hydrogen-bond donors (Lipinski definition) is 1. The van der Waals surface area contributed by atoms with Crippen molar-refractivity contribution in [3.8, 4) is 5.75 Å². The fourth-order valence-corrected chi connectivity index (χ4v) is 4.23. The molecule has 1 N–H and O–H groups in total. The topological polar surface area (TPSA) is 69.6 Å². The Hall–Kier alpha value is -2.80. The van der Waals surface area contributed by atoms with Crippen molar-refractivity contribution >= 4 is 39.1 Å². The van der Waals surface area contributed by atoms with E-state index in [0.29, 0.717) is 30.2 Å². The van der Waals surface area contributed by atoms with Gasteiger partial charge in [0.15, 0.2) is 0 Å². The number of carbonyl (C=O) groups excluding carboxylic acids is 2. The average molecular weight is 401 g/mol. The van der Waals surface area contributed by atoms with Gasteiger partial charge in [0, 0.05) is 4.88 Å². The van der Waals surface area contributed by atoms with Crippen molar-refractivity contribution in [2.45, 2.75) is 33.2 Å². The number of nitrogens with zero attached hydrogens (tertiary/aromatic N) is 1. The molecule has 0 radical (unpaired) electrons. The molecule has 0 aliphatic carbocycles. The maximum Gasteiger partial charge on any atom is 0.354 e. The minimum atomic E-state index is -0.560. The summed E-state index contributed by atoms with van der Waals surface area (Å²) in [5.74, 6) is -0.0476. The van der Waals surface area contributed by atoms with E-state index in [1.807, 2.05) is 45.0 Å². The molecular formula is C21H24N2O4S. The molecule has 2 aromatic heterocycles. The first-order chi connectivity index (χ1) is 13.5. The fourth-order valence-electron chi connectivity index (χ4n) is 3.28. The molecule has 0 fully saturated rings. The highest BCUT2D eigenvalue weighted by Crippen LogP contribution is 2.33. The minimum absolute atomic E-state index is 0.207. The van der Waals surface area contributed by atoms with E-state index in [1.54, 1.807) is 28.0 Å². The van der Waals surface area contributed by atoms with E-state index >= 15 is 0 Å². The molecule has 0 saturated carbocycles. The molecular weight excluding hydrogens is 376 g/mol. The summed E-state index contributed by atoms with van der Waals surface area (Å²) in [6.45, 7) is 6.32. The van der Waals surface area contributed by atoms with E-state index in [9.17, 15) is 9.59 Å². The Morgan fingerprint density at radius 3 is 2.64 bits per heavy atom. The summed E-state index contributed by atoms with van der Waals surface area (Å²) in [4.78, 5) is 26.6. The van der Waals surface area contributed by atoms with Crippen LogP contribution in [-0.4, -0.2) is 30.2 Å². The first-order valence-electron chi connectivity index (χ1n) is 9.22. The molecule has 1 atom stereocenters. The monoisotopic (exact) mass is 400 g/mol. The van der Waals surface area contributed by atoms with Crippen LogP contribution >= 0.6 is 11.3 Å². The number of methoxy groups -OCH3 is 1. The third-order valence-corrected chi connectivity index (χ3v) is 5.48. The van der Waals surface area contributed by atoms with Crippen LogP contribution in [0.1, 0.15) is 41.7 Å². The van der Waals surface area contributed by atoms with Gasteiger partial charge in [0.25, 0.3) is 0 Å². The Labute approximate surface area is 168 Å². The van der Waals surface area contributed by atoms with Crippen LogP contribution < -0.4 is 10.1 Å². The first-order valence-corrected chi connectivity index (χ1v) is 10.0. The van der Waals surface area contributed by atoms with Crippen LogP contribution in [0.3, 0.4) is 0 Å². The summed E-state index contributed by atoms with van der Waals surface area (Å²) in [5.41, 5.74) is 1.85. The molecule has 1 aromatic carbocycles. The number of thiophene rings is 1. The number of nitrogens with one attached hydrogen (secondary N) is 1. The van der Waals surface area contributed by atoms with Gasteiger partial charge >= 0.3 is 5.97 Å². The number of para-hydroxylation sites is 2. The standard InChI is InChI=1S/C21H24N2O4S/c1-5-15(20(24)22-14-9-7-8-10-18(14)27-6-2)23-16-11-13(3)28-19(16)12-17(23)21(25)26-4/h7-12,15H,5-6H2,1-4H3,(H,22,24). The third kappa shape index (κ3) is 3.75. The van der Waals surface area contributed by atoms with Gasteiger partial charge in [-0.1, -0.05) is 19.1 Å². The van der Waals surface area contributed by atoms with Gasteiger partial charge in [0.2, 0.25) is 5.91 Å². The van der Waals surface area contributed by atoms with E-state index in [2.05, 4.69) is 5.32 Å². The number of ether oxygens (including phenoxy) is 2. The predicted molar refractivity (Wildman–Crippen MR) is 111 cm³/mol. The summed E-state index contributed by atoms with van der Waals surface area (Å²) in [5, 5.41) is 2.96. The van der Waals surface area contributed by atoms with E-state index in [4.69, 9.17) is 9.47 Å². The summed E-state index contributed by atoms with van der Waals surface area (Å²) >= 11 is 1.59. The Balaban J connectivity index is 2.01. The Bertz CT molecular complexity index is 1010. The van der Waals surface area contributed by atoms with Crippen LogP contribution in [-0.2, 0) is 9.53 Å². The van der Waals surface area contributed by atoms with Gasteiger partial charge in [-0.2, -0.15) is 0 Å². The number of fused-ring (bicyclic) bond motifs is 1. The summed E-state index contributed by atoms with van der Waals surface area (Å²) in [6.07, 6.45) is 0.519. The minimum Gasteiger partial charge on any atom is -0.492 e. The lowest BCUT2D eigenvalue weighted by atomic mass is 10.1. The molecule has 3 aromatic rings. The van der Waals surface area contributed by atoms with Crippen molar-refractivity contribution in [2.24, 2.45) is 0 Å². The molecule has 1 amide bonds. The maximum absolute atomic E-state index is 13.2. The van der Waals surface area contributed by atoms with Crippen molar-refractivity contribution in [3.63, 3.8) is 0 Å². The third-order valence-electron chi connectivity index (χ3n) is 4.49. The number of aromatic nitrogens is 1.